The molecule has 18 heavy (non-hydrogen) atoms. The Labute approximate surface area is 115 Å². The van der Waals surface area contributed by atoms with E-state index in [0.29, 0.717) is 21.7 Å². The fraction of sp³-hybridized carbons (Fsp3) is 0.462. The molecule has 0 aromatic heterocycles. The Morgan fingerprint density at radius 3 is 2.89 bits per heavy atom. The van der Waals surface area contributed by atoms with Crippen LogP contribution in [-0.4, -0.2) is 25.6 Å². The molecule has 0 bridgehead atoms. The van der Waals surface area contributed by atoms with Gasteiger partial charge in [0.25, 0.3) is 5.91 Å². The van der Waals surface area contributed by atoms with Crippen LogP contribution in [-0.2, 0) is 0 Å². The van der Waals surface area contributed by atoms with E-state index in [9.17, 15) is 4.79 Å². The summed E-state index contributed by atoms with van der Waals surface area (Å²) in [5, 5.41) is 3.16. The van der Waals surface area contributed by atoms with Gasteiger partial charge in [0.1, 0.15) is 5.75 Å². The number of ether oxygens (including phenoxy) is 1. The van der Waals surface area contributed by atoms with Crippen molar-refractivity contribution in [2.45, 2.75) is 18.9 Å². The van der Waals surface area contributed by atoms with Gasteiger partial charge in [-0.15, -0.1) is 0 Å². The second-order valence-corrected chi connectivity index (χ2v) is 5.47. The molecule has 0 atom stereocenters. The maximum atomic E-state index is 11.4. The van der Waals surface area contributed by atoms with Crippen LogP contribution >= 0.6 is 15.9 Å². The summed E-state index contributed by atoms with van der Waals surface area (Å²) < 4.78 is 6.52. The van der Waals surface area contributed by atoms with Crippen LogP contribution in [0.25, 0.3) is 0 Å². The van der Waals surface area contributed by atoms with Crippen LogP contribution in [0.4, 0.5) is 0 Å². The minimum Gasteiger partial charge on any atom is -0.490 e. The van der Waals surface area contributed by atoms with E-state index in [1.54, 1.807) is 12.1 Å². The number of nitrogens with two attached hydrogens (primary N) is 1. The summed E-state index contributed by atoms with van der Waals surface area (Å²) in [5.74, 6) is 0.775. The number of amides is 1. The summed E-state index contributed by atoms with van der Waals surface area (Å²) in [4.78, 5) is 11.4. The smallest absolute Gasteiger partial charge is 0.253 e. The molecule has 1 saturated carbocycles. The predicted molar refractivity (Wildman–Crippen MR) is 73.7 cm³/mol. The minimum atomic E-state index is -0.469. The van der Waals surface area contributed by atoms with Crippen molar-refractivity contribution in [3.05, 3.63) is 28.2 Å². The van der Waals surface area contributed by atoms with Crippen molar-refractivity contribution >= 4 is 21.8 Å². The molecule has 5 heteroatoms. The third-order valence-electron chi connectivity index (χ3n) is 3.20. The van der Waals surface area contributed by atoms with E-state index < -0.39 is 5.91 Å². The summed E-state index contributed by atoms with van der Waals surface area (Å²) in [6.07, 6.45) is 2.23. The van der Waals surface area contributed by atoms with Gasteiger partial charge in [0.05, 0.1) is 11.7 Å². The molecule has 1 fully saturated rings. The van der Waals surface area contributed by atoms with Crippen molar-refractivity contribution in [3.8, 4) is 5.75 Å². The topological polar surface area (TPSA) is 64.3 Å². The molecule has 0 unspecified atom stereocenters. The van der Waals surface area contributed by atoms with Crippen molar-refractivity contribution in [1.29, 1.82) is 0 Å². The van der Waals surface area contributed by atoms with E-state index >= 15 is 0 Å². The first-order valence-corrected chi connectivity index (χ1v) is 6.80. The van der Waals surface area contributed by atoms with Crippen LogP contribution < -0.4 is 15.8 Å². The molecular formula is C13H17BrN2O2. The number of primary amides is 1. The fourth-order valence-electron chi connectivity index (χ4n) is 2.25. The molecule has 4 nitrogen and oxygen atoms in total. The Kier molecular flexibility index (Phi) is 4.24. The van der Waals surface area contributed by atoms with Crippen LogP contribution in [0.5, 0.6) is 5.75 Å². The average molecular weight is 313 g/mol. The van der Waals surface area contributed by atoms with Gasteiger partial charge in [-0.1, -0.05) is 6.07 Å². The predicted octanol–water partition coefficient (Wildman–Crippen LogP) is 1.92. The second kappa shape index (κ2) is 5.71. The van der Waals surface area contributed by atoms with E-state index in [-0.39, 0.29) is 6.10 Å². The number of nitrogens with one attached hydrogen (secondary N) is 1. The van der Waals surface area contributed by atoms with Crippen LogP contribution in [0.2, 0.25) is 0 Å². The third-order valence-corrected chi connectivity index (χ3v) is 3.86. The molecule has 0 heterocycles. The molecule has 0 radical (unpaired) electrons. The normalized spacial score (nSPS) is 22.3. The van der Waals surface area contributed by atoms with Gasteiger partial charge in [-0.05, 0) is 60.4 Å². The Hall–Kier alpha value is -1.07. The average Bonchev–Trinajstić information content (AvgIpc) is 2.25. The largest absolute Gasteiger partial charge is 0.490 e. The molecule has 0 spiro atoms. The molecule has 1 aromatic carbocycles. The molecule has 1 aromatic rings. The molecule has 1 aliphatic rings. The van der Waals surface area contributed by atoms with Crippen LogP contribution in [0, 0.1) is 5.92 Å². The van der Waals surface area contributed by atoms with Gasteiger partial charge in [0.2, 0.25) is 0 Å². The number of halogens is 1. The summed E-state index contributed by atoms with van der Waals surface area (Å²) >= 11 is 3.32. The second-order valence-electron chi connectivity index (χ2n) is 4.61. The monoisotopic (exact) mass is 312 g/mol. The Morgan fingerprint density at radius 2 is 2.28 bits per heavy atom. The van der Waals surface area contributed by atoms with Gasteiger partial charge in [-0.3, -0.25) is 4.79 Å². The van der Waals surface area contributed by atoms with E-state index in [0.717, 1.165) is 19.4 Å². The van der Waals surface area contributed by atoms with Crippen LogP contribution in [0.3, 0.4) is 0 Å². The van der Waals surface area contributed by atoms with Gasteiger partial charge in [-0.25, -0.2) is 0 Å². The first kappa shape index (κ1) is 13.4. The number of carbonyl (C=O) groups is 1. The highest BCUT2D eigenvalue weighted by Gasteiger charge is 2.31. The van der Waals surface area contributed by atoms with Gasteiger partial charge in [0, 0.05) is 4.47 Å². The lowest BCUT2D eigenvalue weighted by atomic mass is 9.82. The lowest BCUT2D eigenvalue weighted by Gasteiger charge is -2.35. The lowest BCUT2D eigenvalue weighted by molar-refractivity contribution is 0.0642. The Balaban J connectivity index is 2.02. The van der Waals surface area contributed by atoms with Crippen LogP contribution in [0.15, 0.2) is 22.7 Å². The Bertz CT molecular complexity index is 445. The SMILES string of the molecule is CNCC1CC(Oc2cccc(Br)c2C(N)=O)C1. The highest BCUT2D eigenvalue weighted by atomic mass is 79.9. The first-order valence-electron chi connectivity index (χ1n) is 6.01. The molecular weight excluding hydrogens is 296 g/mol. The van der Waals surface area contributed by atoms with Crippen molar-refractivity contribution in [1.82, 2.24) is 5.32 Å². The molecule has 0 saturated heterocycles. The van der Waals surface area contributed by atoms with Crippen molar-refractivity contribution in [3.63, 3.8) is 0 Å². The zero-order valence-corrected chi connectivity index (χ0v) is 11.9. The molecule has 1 amide bonds. The van der Waals surface area contributed by atoms with E-state index in [2.05, 4.69) is 21.2 Å². The number of rotatable bonds is 5. The van der Waals surface area contributed by atoms with Gasteiger partial charge >= 0.3 is 0 Å². The highest BCUT2D eigenvalue weighted by molar-refractivity contribution is 9.10. The molecule has 1 aliphatic carbocycles. The third kappa shape index (κ3) is 2.84. The molecule has 0 aliphatic heterocycles. The summed E-state index contributed by atoms with van der Waals surface area (Å²) in [6.45, 7) is 1.01. The summed E-state index contributed by atoms with van der Waals surface area (Å²) in [7, 11) is 1.95. The van der Waals surface area contributed by atoms with Crippen LogP contribution in [0.1, 0.15) is 23.2 Å². The van der Waals surface area contributed by atoms with E-state index in [4.69, 9.17) is 10.5 Å². The standard InChI is InChI=1S/C13H17BrN2O2/c1-16-7-8-5-9(6-8)18-11-4-2-3-10(14)12(11)13(15)17/h2-4,8-9,16H,5-7H2,1H3,(H2,15,17). The molecule has 2 rings (SSSR count). The summed E-state index contributed by atoms with van der Waals surface area (Å²) in [5.41, 5.74) is 5.79. The first-order chi connectivity index (χ1) is 8.61. The lowest BCUT2D eigenvalue weighted by Crippen LogP contribution is -2.39. The van der Waals surface area contributed by atoms with Crippen molar-refractivity contribution in [2.75, 3.05) is 13.6 Å². The maximum Gasteiger partial charge on any atom is 0.253 e. The highest BCUT2D eigenvalue weighted by Crippen LogP contribution is 2.34. The Morgan fingerprint density at radius 1 is 1.56 bits per heavy atom. The number of benzene rings is 1. The number of carbonyl (C=O) groups excluding carboxylic acids is 1. The van der Waals surface area contributed by atoms with Gasteiger partial charge < -0.3 is 15.8 Å². The quantitative estimate of drug-likeness (QED) is 0.873. The van der Waals surface area contributed by atoms with Crippen molar-refractivity contribution < 1.29 is 9.53 Å². The zero-order chi connectivity index (χ0) is 13.1. The van der Waals surface area contributed by atoms with E-state index in [1.165, 1.54) is 0 Å². The molecule has 98 valence electrons. The maximum absolute atomic E-state index is 11.4. The van der Waals surface area contributed by atoms with E-state index in [1.807, 2.05) is 13.1 Å². The van der Waals surface area contributed by atoms with Gasteiger partial charge in [0.15, 0.2) is 0 Å². The summed E-state index contributed by atoms with van der Waals surface area (Å²) in [6, 6.07) is 5.42. The fourth-order valence-corrected chi connectivity index (χ4v) is 2.79. The minimum absolute atomic E-state index is 0.191. The van der Waals surface area contributed by atoms with Crippen molar-refractivity contribution in [2.24, 2.45) is 11.7 Å². The number of hydrogen-bond acceptors (Lipinski definition) is 3. The zero-order valence-electron chi connectivity index (χ0n) is 10.3. The number of hydrogen-bond donors (Lipinski definition) is 2. The van der Waals surface area contributed by atoms with Gasteiger partial charge in [-0.2, -0.15) is 0 Å². The molecule has 3 N–H and O–H groups in total.